The summed E-state index contributed by atoms with van der Waals surface area (Å²) in [6.45, 7) is 9.73. The first-order chi connectivity index (χ1) is 15.8. The Morgan fingerprint density at radius 3 is 2.30 bits per heavy atom. The molecule has 0 atom stereocenters. The van der Waals surface area contributed by atoms with Crippen LogP contribution >= 0.6 is 11.3 Å². The zero-order chi connectivity index (χ0) is 23.6. The van der Waals surface area contributed by atoms with Crippen LogP contribution in [0.3, 0.4) is 0 Å². The number of rotatable bonds is 8. The van der Waals surface area contributed by atoms with E-state index in [1.807, 2.05) is 19.9 Å². The third-order valence-electron chi connectivity index (χ3n) is 5.10. The van der Waals surface area contributed by atoms with E-state index in [1.54, 1.807) is 42.5 Å². The molecule has 4 aromatic rings. The average Bonchev–Trinajstić information content (AvgIpc) is 3.15. The first-order valence-electron chi connectivity index (χ1n) is 10.6. The van der Waals surface area contributed by atoms with Gasteiger partial charge in [-0.05, 0) is 70.2 Å². The molecule has 2 heterocycles. The SMILES string of the molecule is CCN(CC)c1cc(C)nc(Nc2ccc(NS(=O)(=O)c3ccc4nc(C)sc4c3)cc2)n1. The number of sulfonamides is 1. The first kappa shape index (κ1) is 22.9. The number of aromatic nitrogens is 3. The van der Waals surface area contributed by atoms with Gasteiger partial charge in [0, 0.05) is 36.2 Å². The first-order valence-corrected chi connectivity index (χ1v) is 12.9. The summed E-state index contributed by atoms with van der Waals surface area (Å²) in [5, 5.41) is 4.10. The summed E-state index contributed by atoms with van der Waals surface area (Å²) in [4.78, 5) is 15.8. The minimum atomic E-state index is -3.72. The van der Waals surface area contributed by atoms with Gasteiger partial charge in [-0.2, -0.15) is 4.98 Å². The second-order valence-electron chi connectivity index (χ2n) is 7.53. The third-order valence-corrected chi connectivity index (χ3v) is 7.41. The molecular weight excluding hydrogens is 456 g/mol. The van der Waals surface area contributed by atoms with Crippen molar-refractivity contribution in [1.29, 1.82) is 0 Å². The van der Waals surface area contributed by atoms with Crippen LogP contribution in [-0.4, -0.2) is 36.5 Å². The second kappa shape index (κ2) is 9.32. The molecule has 33 heavy (non-hydrogen) atoms. The van der Waals surface area contributed by atoms with E-state index >= 15 is 0 Å². The number of thiazole rings is 1. The zero-order valence-electron chi connectivity index (χ0n) is 19.0. The molecule has 2 N–H and O–H groups in total. The Hall–Kier alpha value is -3.24. The van der Waals surface area contributed by atoms with Crippen molar-refractivity contribution < 1.29 is 8.42 Å². The minimum absolute atomic E-state index is 0.206. The van der Waals surface area contributed by atoms with E-state index in [9.17, 15) is 8.42 Å². The van der Waals surface area contributed by atoms with E-state index in [0.29, 0.717) is 11.6 Å². The monoisotopic (exact) mass is 482 g/mol. The molecule has 2 aromatic heterocycles. The van der Waals surface area contributed by atoms with Crippen molar-refractivity contribution in [3.8, 4) is 0 Å². The van der Waals surface area contributed by atoms with Crippen molar-refractivity contribution in [3.05, 3.63) is 59.2 Å². The molecule has 2 aromatic carbocycles. The molecule has 0 saturated heterocycles. The highest BCUT2D eigenvalue weighted by Gasteiger charge is 2.16. The topological polar surface area (TPSA) is 100 Å². The van der Waals surface area contributed by atoms with E-state index in [2.05, 4.69) is 43.7 Å². The van der Waals surface area contributed by atoms with Gasteiger partial charge in [0.05, 0.1) is 20.1 Å². The molecule has 0 unspecified atom stereocenters. The van der Waals surface area contributed by atoms with E-state index in [4.69, 9.17) is 0 Å². The zero-order valence-corrected chi connectivity index (χ0v) is 20.6. The van der Waals surface area contributed by atoms with Crippen LogP contribution in [0.1, 0.15) is 24.5 Å². The van der Waals surface area contributed by atoms with Crippen molar-refractivity contribution in [2.24, 2.45) is 0 Å². The molecule has 0 spiro atoms. The lowest BCUT2D eigenvalue weighted by molar-refractivity contribution is 0.601. The maximum atomic E-state index is 12.9. The fourth-order valence-corrected chi connectivity index (χ4v) is 5.49. The van der Waals surface area contributed by atoms with Crippen molar-refractivity contribution in [2.45, 2.75) is 32.6 Å². The quantitative estimate of drug-likeness (QED) is 0.361. The summed E-state index contributed by atoms with van der Waals surface area (Å²) in [6, 6.07) is 13.9. The number of nitrogens with one attached hydrogen (secondary N) is 2. The number of fused-ring (bicyclic) bond motifs is 1. The molecule has 0 radical (unpaired) electrons. The molecule has 0 fully saturated rings. The van der Waals surface area contributed by atoms with Gasteiger partial charge in [-0.15, -0.1) is 11.3 Å². The Balaban J connectivity index is 1.50. The summed E-state index contributed by atoms with van der Waals surface area (Å²) >= 11 is 1.47. The molecule has 0 bridgehead atoms. The van der Waals surface area contributed by atoms with E-state index in [0.717, 1.165) is 45.5 Å². The molecule has 8 nitrogen and oxygen atoms in total. The van der Waals surface area contributed by atoms with E-state index < -0.39 is 10.0 Å². The smallest absolute Gasteiger partial charge is 0.261 e. The number of hydrogen-bond donors (Lipinski definition) is 2. The average molecular weight is 483 g/mol. The Morgan fingerprint density at radius 1 is 0.909 bits per heavy atom. The molecule has 10 heteroatoms. The largest absolute Gasteiger partial charge is 0.357 e. The molecule has 0 aliphatic carbocycles. The van der Waals surface area contributed by atoms with Crippen LogP contribution in [0.2, 0.25) is 0 Å². The van der Waals surface area contributed by atoms with Crippen LogP contribution in [0.4, 0.5) is 23.1 Å². The Kier molecular flexibility index (Phi) is 6.48. The fraction of sp³-hybridized carbons (Fsp3) is 0.261. The minimum Gasteiger partial charge on any atom is -0.357 e. The van der Waals surface area contributed by atoms with Crippen molar-refractivity contribution in [3.63, 3.8) is 0 Å². The lowest BCUT2D eigenvalue weighted by atomic mass is 10.3. The highest BCUT2D eigenvalue weighted by Crippen LogP contribution is 2.26. The maximum Gasteiger partial charge on any atom is 0.261 e. The summed E-state index contributed by atoms with van der Waals surface area (Å²) in [6.07, 6.45) is 0. The maximum absolute atomic E-state index is 12.9. The molecule has 4 rings (SSSR count). The molecule has 172 valence electrons. The summed E-state index contributed by atoms with van der Waals surface area (Å²) in [5.74, 6) is 1.37. The van der Waals surface area contributed by atoms with E-state index in [1.165, 1.54) is 11.3 Å². The van der Waals surface area contributed by atoms with Gasteiger partial charge < -0.3 is 10.2 Å². The highest BCUT2D eigenvalue weighted by atomic mass is 32.2. The predicted octanol–water partition coefficient (Wildman–Crippen LogP) is 5.09. The summed E-state index contributed by atoms with van der Waals surface area (Å²) in [7, 11) is -3.72. The fourth-order valence-electron chi connectivity index (χ4n) is 3.47. The van der Waals surface area contributed by atoms with Gasteiger partial charge in [0.15, 0.2) is 0 Å². The number of nitrogens with zero attached hydrogens (tertiary/aromatic N) is 4. The van der Waals surface area contributed by atoms with Gasteiger partial charge in [0.25, 0.3) is 10.0 Å². The van der Waals surface area contributed by atoms with Crippen molar-refractivity contribution in [2.75, 3.05) is 28.0 Å². The van der Waals surface area contributed by atoms with Crippen LogP contribution in [0, 0.1) is 13.8 Å². The third kappa shape index (κ3) is 5.23. The lowest BCUT2D eigenvalue weighted by Crippen LogP contribution is -2.23. The van der Waals surface area contributed by atoms with Crippen molar-refractivity contribution in [1.82, 2.24) is 15.0 Å². The second-order valence-corrected chi connectivity index (χ2v) is 10.5. The predicted molar refractivity (Wildman–Crippen MR) is 135 cm³/mol. The summed E-state index contributed by atoms with van der Waals surface area (Å²) < 4.78 is 29.2. The van der Waals surface area contributed by atoms with Crippen LogP contribution in [-0.2, 0) is 10.0 Å². The molecule has 0 saturated carbocycles. The Morgan fingerprint density at radius 2 is 1.61 bits per heavy atom. The standard InChI is InChI=1S/C23H26N6O2S2/c1-5-29(6-2)22-13-15(3)24-23(27-22)26-17-7-9-18(10-8-17)28-33(30,31)19-11-12-20-21(14-19)32-16(4)25-20/h7-14,28H,5-6H2,1-4H3,(H,24,26,27). The number of anilines is 4. The van der Waals surface area contributed by atoms with E-state index in [-0.39, 0.29) is 4.90 Å². The van der Waals surface area contributed by atoms with Crippen LogP contribution in [0.25, 0.3) is 10.2 Å². The number of aryl methyl sites for hydroxylation is 2. The number of hydrogen-bond acceptors (Lipinski definition) is 8. The van der Waals surface area contributed by atoms with Gasteiger partial charge in [-0.1, -0.05) is 0 Å². The van der Waals surface area contributed by atoms with Crippen LogP contribution < -0.4 is 14.9 Å². The van der Waals surface area contributed by atoms with Gasteiger partial charge in [0.1, 0.15) is 5.82 Å². The van der Waals surface area contributed by atoms with Crippen LogP contribution in [0.15, 0.2) is 53.4 Å². The Bertz CT molecular complexity index is 1380. The van der Waals surface area contributed by atoms with Crippen molar-refractivity contribution >= 4 is 54.7 Å². The van der Waals surface area contributed by atoms with Gasteiger partial charge in [0.2, 0.25) is 5.95 Å². The normalized spacial score (nSPS) is 11.5. The van der Waals surface area contributed by atoms with Gasteiger partial charge in [-0.25, -0.2) is 18.4 Å². The highest BCUT2D eigenvalue weighted by molar-refractivity contribution is 7.92. The Labute approximate surface area is 197 Å². The molecule has 0 aliphatic rings. The number of benzene rings is 2. The van der Waals surface area contributed by atoms with Gasteiger partial charge >= 0.3 is 0 Å². The summed E-state index contributed by atoms with van der Waals surface area (Å²) in [5.41, 5.74) is 2.90. The van der Waals surface area contributed by atoms with Gasteiger partial charge in [-0.3, -0.25) is 4.72 Å². The molecule has 0 amide bonds. The lowest BCUT2D eigenvalue weighted by Gasteiger charge is -2.20. The van der Waals surface area contributed by atoms with Crippen LogP contribution in [0.5, 0.6) is 0 Å². The molecular formula is C23H26N6O2S2. The molecule has 0 aliphatic heterocycles.